The van der Waals surface area contributed by atoms with Gasteiger partial charge in [-0.1, -0.05) is 66.7 Å². The average molecular weight is 537 g/mol. The van der Waals surface area contributed by atoms with Crippen LogP contribution in [-0.2, 0) is 0 Å². The van der Waals surface area contributed by atoms with Crippen LogP contribution >= 0.6 is 0 Å². The lowest BCUT2D eigenvalue weighted by Gasteiger charge is -2.36. The highest BCUT2D eigenvalue weighted by Gasteiger charge is 2.23. The number of likely N-dealkylation sites (tertiary alicyclic amines) is 1. The molecular formula is C34H40N4O2. The number of nitrogens with one attached hydrogen (secondary N) is 1. The lowest BCUT2D eigenvalue weighted by molar-refractivity contribution is 0.137. The summed E-state index contributed by atoms with van der Waals surface area (Å²) in [6, 6.07) is 25.4. The monoisotopic (exact) mass is 536 g/mol. The van der Waals surface area contributed by atoms with E-state index in [2.05, 4.69) is 65.7 Å². The van der Waals surface area contributed by atoms with Gasteiger partial charge in [0.15, 0.2) is 17.3 Å². The molecule has 1 saturated heterocycles. The van der Waals surface area contributed by atoms with Gasteiger partial charge in [-0.3, -0.25) is 4.90 Å². The second-order valence-electron chi connectivity index (χ2n) is 10.5. The largest absolute Gasteiger partial charge is 0.493 e. The minimum Gasteiger partial charge on any atom is -0.493 e. The number of aromatic nitrogens is 2. The third-order valence-electron chi connectivity index (χ3n) is 7.99. The molecule has 5 rings (SSSR count). The van der Waals surface area contributed by atoms with Crippen LogP contribution in [0.4, 0.5) is 5.82 Å². The SMILES string of the molecule is COc1cc2nc(C=Cc3ccccc3)c(NCCCC3CCN(C(C)c4ccccc4)CC3)nc2cc1OC. The molecule has 4 aromatic rings. The van der Waals surface area contributed by atoms with Crippen molar-refractivity contribution in [1.29, 1.82) is 0 Å². The van der Waals surface area contributed by atoms with E-state index in [1.807, 2.05) is 36.4 Å². The Kier molecular flexibility index (Phi) is 9.30. The molecule has 1 unspecified atom stereocenters. The lowest BCUT2D eigenvalue weighted by atomic mass is 9.91. The molecule has 0 amide bonds. The van der Waals surface area contributed by atoms with Crippen molar-refractivity contribution in [2.75, 3.05) is 39.2 Å². The standard InChI is InChI=1S/C34H40N4O2/c1-25(28-14-8-5-9-15-28)38-21-18-27(19-22-38)13-10-20-35-34-29(17-16-26-11-6-4-7-12-26)36-30-23-32(39-2)33(40-3)24-31(30)37-34/h4-9,11-12,14-17,23-25,27H,10,13,18-22H2,1-3H3,(H,35,37). The van der Waals surface area contributed by atoms with Gasteiger partial charge >= 0.3 is 0 Å². The van der Waals surface area contributed by atoms with Gasteiger partial charge in [-0.15, -0.1) is 0 Å². The smallest absolute Gasteiger partial charge is 0.163 e. The maximum Gasteiger partial charge on any atom is 0.163 e. The summed E-state index contributed by atoms with van der Waals surface area (Å²) in [6.07, 6.45) is 8.96. The van der Waals surface area contributed by atoms with Crippen molar-refractivity contribution in [2.45, 2.75) is 38.6 Å². The highest BCUT2D eigenvalue weighted by Crippen LogP contribution is 2.32. The molecule has 40 heavy (non-hydrogen) atoms. The summed E-state index contributed by atoms with van der Waals surface area (Å²) in [7, 11) is 3.27. The Morgan fingerprint density at radius 2 is 1.50 bits per heavy atom. The Bertz CT molecular complexity index is 1400. The fourth-order valence-electron chi connectivity index (χ4n) is 5.55. The number of piperidine rings is 1. The Hall–Kier alpha value is -3.90. The first-order valence-electron chi connectivity index (χ1n) is 14.3. The molecule has 0 aliphatic carbocycles. The second kappa shape index (κ2) is 13.4. The topological polar surface area (TPSA) is 59.5 Å². The highest BCUT2D eigenvalue weighted by atomic mass is 16.5. The van der Waals surface area contributed by atoms with Gasteiger partial charge in [-0.2, -0.15) is 0 Å². The first-order valence-corrected chi connectivity index (χ1v) is 14.3. The Labute approximate surface area is 238 Å². The van der Waals surface area contributed by atoms with Gasteiger partial charge in [0.25, 0.3) is 0 Å². The summed E-state index contributed by atoms with van der Waals surface area (Å²) in [4.78, 5) is 12.5. The average Bonchev–Trinajstić information content (AvgIpc) is 3.02. The molecule has 0 saturated carbocycles. The van der Waals surface area contributed by atoms with E-state index in [4.69, 9.17) is 19.4 Å². The number of fused-ring (bicyclic) bond motifs is 1. The maximum absolute atomic E-state index is 5.50. The Balaban J connectivity index is 1.22. The fourth-order valence-corrected chi connectivity index (χ4v) is 5.55. The van der Waals surface area contributed by atoms with Gasteiger partial charge in [0, 0.05) is 24.7 Å². The first-order chi connectivity index (χ1) is 19.6. The minimum atomic E-state index is 0.483. The van der Waals surface area contributed by atoms with Crippen LogP contribution in [0.15, 0.2) is 72.8 Å². The predicted molar refractivity (Wildman–Crippen MR) is 165 cm³/mol. The van der Waals surface area contributed by atoms with Gasteiger partial charge in [0.05, 0.1) is 25.3 Å². The Morgan fingerprint density at radius 3 is 2.15 bits per heavy atom. The van der Waals surface area contributed by atoms with Crippen molar-refractivity contribution in [1.82, 2.24) is 14.9 Å². The number of benzene rings is 3. The first kappa shape index (κ1) is 27.7. The highest BCUT2D eigenvalue weighted by molar-refractivity contribution is 5.84. The van der Waals surface area contributed by atoms with Crippen LogP contribution in [0.1, 0.15) is 55.5 Å². The molecule has 208 valence electrons. The van der Waals surface area contributed by atoms with E-state index in [0.29, 0.717) is 17.5 Å². The molecule has 2 heterocycles. The number of rotatable bonds is 11. The van der Waals surface area contributed by atoms with Crippen LogP contribution in [0.25, 0.3) is 23.2 Å². The molecule has 1 N–H and O–H groups in total. The number of nitrogens with zero attached hydrogens (tertiary/aromatic N) is 3. The summed E-state index contributed by atoms with van der Waals surface area (Å²) in [5, 5.41) is 3.59. The van der Waals surface area contributed by atoms with Crippen LogP contribution in [0.2, 0.25) is 0 Å². The van der Waals surface area contributed by atoms with Crippen molar-refractivity contribution in [3.8, 4) is 11.5 Å². The summed E-state index contributed by atoms with van der Waals surface area (Å²) in [5.41, 5.74) is 4.89. The molecule has 1 aliphatic rings. The zero-order valence-corrected chi connectivity index (χ0v) is 23.8. The van der Waals surface area contributed by atoms with Crippen molar-refractivity contribution < 1.29 is 9.47 Å². The second-order valence-corrected chi connectivity index (χ2v) is 10.5. The molecule has 0 spiro atoms. The normalized spacial score (nSPS) is 15.4. The lowest BCUT2D eigenvalue weighted by Crippen LogP contribution is -2.35. The third-order valence-corrected chi connectivity index (χ3v) is 7.99. The summed E-state index contributed by atoms with van der Waals surface area (Å²) < 4.78 is 11.0. The van der Waals surface area contributed by atoms with E-state index in [0.717, 1.165) is 47.0 Å². The van der Waals surface area contributed by atoms with Crippen molar-refractivity contribution in [2.24, 2.45) is 5.92 Å². The molecule has 0 radical (unpaired) electrons. The zero-order valence-electron chi connectivity index (χ0n) is 23.8. The molecule has 1 aromatic heterocycles. The number of hydrogen-bond donors (Lipinski definition) is 1. The molecule has 1 aliphatic heterocycles. The van der Waals surface area contributed by atoms with Crippen LogP contribution in [0, 0.1) is 5.92 Å². The third kappa shape index (κ3) is 6.80. The molecule has 1 atom stereocenters. The van der Waals surface area contributed by atoms with Crippen molar-refractivity contribution >= 4 is 29.0 Å². The van der Waals surface area contributed by atoms with Crippen LogP contribution in [0.5, 0.6) is 11.5 Å². The number of hydrogen-bond acceptors (Lipinski definition) is 6. The summed E-state index contributed by atoms with van der Waals surface area (Å²) >= 11 is 0. The van der Waals surface area contributed by atoms with E-state index < -0.39 is 0 Å². The van der Waals surface area contributed by atoms with Crippen LogP contribution in [0.3, 0.4) is 0 Å². The summed E-state index contributed by atoms with van der Waals surface area (Å²) in [6.45, 7) is 5.54. The predicted octanol–water partition coefficient (Wildman–Crippen LogP) is 7.48. The van der Waals surface area contributed by atoms with Gasteiger partial charge in [-0.25, -0.2) is 9.97 Å². The number of ether oxygens (including phenoxy) is 2. The molecule has 0 bridgehead atoms. The maximum atomic E-state index is 5.50. The fraction of sp³-hybridized carbons (Fsp3) is 0.353. The molecule has 6 heteroatoms. The van der Waals surface area contributed by atoms with Gasteiger partial charge in [0.2, 0.25) is 0 Å². The van der Waals surface area contributed by atoms with E-state index >= 15 is 0 Å². The summed E-state index contributed by atoms with van der Waals surface area (Å²) in [5.74, 6) is 2.86. The molecule has 6 nitrogen and oxygen atoms in total. The van der Waals surface area contributed by atoms with Crippen LogP contribution < -0.4 is 14.8 Å². The van der Waals surface area contributed by atoms with Crippen molar-refractivity contribution in [3.05, 3.63) is 89.6 Å². The number of anilines is 1. The quantitative estimate of drug-likeness (QED) is 0.201. The minimum absolute atomic E-state index is 0.483. The molecule has 3 aromatic carbocycles. The van der Waals surface area contributed by atoms with E-state index in [-0.39, 0.29) is 0 Å². The van der Waals surface area contributed by atoms with Crippen molar-refractivity contribution in [3.63, 3.8) is 0 Å². The van der Waals surface area contributed by atoms with E-state index in [9.17, 15) is 0 Å². The van der Waals surface area contributed by atoms with Gasteiger partial charge in [-0.05, 0) is 68.8 Å². The van der Waals surface area contributed by atoms with E-state index in [1.165, 1.54) is 37.9 Å². The number of methoxy groups -OCH3 is 2. The zero-order chi connectivity index (χ0) is 27.7. The van der Waals surface area contributed by atoms with Crippen LogP contribution in [-0.4, -0.2) is 48.7 Å². The molecular weight excluding hydrogens is 496 g/mol. The van der Waals surface area contributed by atoms with E-state index in [1.54, 1.807) is 14.2 Å². The Morgan fingerprint density at radius 1 is 0.875 bits per heavy atom. The van der Waals surface area contributed by atoms with Gasteiger partial charge in [0.1, 0.15) is 5.69 Å². The molecule has 1 fully saturated rings. The van der Waals surface area contributed by atoms with Gasteiger partial charge < -0.3 is 14.8 Å².